The molecule has 0 aromatic carbocycles. The normalized spacial score (nSPS) is 34.8. The summed E-state index contributed by atoms with van der Waals surface area (Å²) in [5.41, 5.74) is 0. The molecule has 3 rings (SSSR count). The van der Waals surface area contributed by atoms with Crippen LogP contribution in [-0.4, -0.2) is 73.9 Å². The number of rotatable bonds is 3. The van der Waals surface area contributed by atoms with E-state index in [2.05, 4.69) is 18.7 Å². The van der Waals surface area contributed by atoms with Gasteiger partial charge in [-0.05, 0) is 12.3 Å². The van der Waals surface area contributed by atoms with Crippen molar-refractivity contribution >= 4 is 5.91 Å². The lowest BCUT2D eigenvalue weighted by Gasteiger charge is -2.34. The molecular formula is C15H26N2O3. The zero-order chi connectivity index (χ0) is 14.1. The van der Waals surface area contributed by atoms with Crippen molar-refractivity contribution in [1.29, 1.82) is 0 Å². The molecule has 0 aliphatic carbocycles. The Morgan fingerprint density at radius 1 is 1.25 bits per heavy atom. The second-order valence-corrected chi connectivity index (χ2v) is 6.69. The SMILES string of the molecule is CC(C)CN1C[C@H]2C[C@H](C(=O)N3CCOCC3)[C@@H](C1)O2. The number of nitrogens with zero attached hydrogens (tertiary/aromatic N) is 2. The second-order valence-electron chi connectivity index (χ2n) is 6.69. The summed E-state index contributed by atoms with van der Waals surface area (Å²) in [6.45, 7) is 10.3. The number of morpholine rings is 2. The van der Waals surface area contributed by atoms with Crippen molar-refractivity contribution in [3.05, 3.63) is 0 Å². The van der Waals surface area contributed by atoms with Gasteiger partial charge in [0.2, 0.25) is 5.91 Å². The van der Waals surface area contributed by atoms with Gasteiger partial charge >= 0.3 is 0 Å². The van der Waals surface area contributed by atoms with E-state index in [1.165, 1.54) is 0 Å². The van der Waals surface area contributed by atoms with Crippen LogP contribution in [0.15, 0.2) is 0 Å². The summed E-state index contributed by atoms with van der Waals surface area (Å²) >= 11 is 0. The molecule has 2 bridgehead atoms. The first-order valence-corrected chi connectivity index (χ1v) is 7.88. The van der Waals surface area contributed by atoms with Gasteiger partial charge in [0.25, 0.3) is 0 Å². The van der Waals surface area contributed by atoms with Gasteiger partial charge < -0.3 is 14.4 Å². The molecule has 3 fully saturated rings. The summed E-state index contributed by atoms with van der Waals surface area (Å²) < 4.78 is 11.3. The van der Waals surface area contributed by atoms with Crippen LogP contribution in [0.5, 0.6) is 0 Å². The fourth-order valence-corrected chi connectivity index (χ4v) is 3.68. The summed E-state index contributed by atoms with van der Waals surface area (Å²) in [5.74, 6) is 1.02. The zero-order valence-corrected chi connectivity index (χ0v) is 12.6. The van der Waals surface area contributed by atoms with Gasteiger partial charge in [-0.2, -0.15) is 0 Å². The summed E-state index contributed by atoms with van der Waals surface area (Å²) in [6.07, 6.45) is 1.25. The maximum Gasteiger partial charge on any atom is 0.228 e. The maximum absolute atomic E-state index is 12.6. The summed E-state index contributed by atoms with van der Waals surface area (Å²) in [7, 11) is 0. The van der Waals surface area contributed by atoms with E-state index in [4.69, 9.17) is 9.47 Å². The summed E-state index contributed by atoms with van der Waals surface area (Å²) in [4.78, 5) is 17.1. The van der Waals surface area contributed by atoms with Crippen LogP contribution in [-0.2, 0) is 14.3 Å². The summed E-state index contributed by atoms with van der Waals surface area (Å²) in [6, 6.07) is 0. The molecule has 3 atom stereocenters. The molecular weight excluding hydrogens is 256 g/mol. The van der Waals surface area contributed by atoms with Gasteiger partial charge in [0, 0.05) is 32.7 Å². The number of likely N-dealkylation sites (tertiary alicyclic amines) is 1. The predicted molar refractivity (Wildman–Crippen MR) is 75.4 cm³/mol. The van der Waals surface area contributed by atoms with Crippen molar-refractivity contribution < 1.29 is 14.3 Å². The number of amides is 1. The smallest absolute Gasteiger partial charge is 0.228 e. The van der Waals surface area contributed by atoms with Crippen LogP contribution in [0.2, 0.25) is 0 Å². The quantitative estimate of drug-likeness (QED) is 0.760. The van der Waals surface area contributed by atoms with Gasteiger partial charge in [-0.15, -0.1) is 0 Å². The Balaban J connectivity index is 1.60. The molecule has 114 valence electrons. The highest BCUT2D eigenvalue weighted by molar-refractivity contribution is 5.80. The molecule has 0 N–H and O–H groups in total. The maximum atomic E-state index is 12.6. The minimum atomic E-state index is 0.0651. The lowest BCUT2D eigenvalue weighted by atomic mass is 9.98. The van der Waals surface area contributed by atoms with Crippen LogP contribution in [0.3, 0.4) is 0 Å². The van der Waals surface area contributed by atoms with E-state index in [1.807, 2.05) is 4.90 Å². The molecule has 0 spiro atoms. The third-order valence-electron chi connectivity index (χ3n) is 4.50. The number of hydrogen-bond acceptors (Lipinski definition) is 4. The van der Waals surface area contributed by atoms with E-state index in [-0.39, 0.29) is 24.0 Å². The molecule has 3 saturated heterocycles. The van der Waals surface area contributed by atoms with Gasteiger partial charge in [0.05, 0.1) is 31.3 Å². The van der Waals surface area contributed by atoms with Crippen molar-refractivity contribution in [2.75, 3.05) is 45.9 Å². The number of carbonyl (C=O) groups excluding carboxylic acids is 1. The van der Waals surface area contributed by atoms with E-state index >= 15 is 0 Å². The molecule has 1 amide bonds. The van der Waals surface area contributed by atoms with Crippen LogP contribution >= 0.6 is 0 Å². The Labute approximate surface area is 121 Å². The van der Waals surface area contributed by atoms with Gasteiger partial charge in [0.15, 0.2) is 0 Å². The van der Waals surface area contributed by atoms with Crippen LogP contribution in [0, 0.1) is 11.8 Å². The zero-order valence-electron chi connectivity index (χ0n) is 12.6. The molecule has 0 radical (unpaired) electrons. The third-order valence-corrected chi connectivity index (χ3v) is 4.50. The van der Waals surface area contributed by atoms with Crippen molar-refractivity contribution in [2.24, 2.45) is 11.8 Å². The fraction of sp³-hybridized carbons (Fsp3) is 0.933. The van der Waals surface area contributed by atoms with Crippen LogP contribution < -0.4 is 0 Å². The van der Waals surface area contributed by atoms with Crippen molar-refractivity contribution in [3.63, 3.8) is 0 Å². The number of ether oxygens (including phenoxy) is 2. The van der Waals surface area contributed by atoms with Crippen LogP contribution in [0.1, 0.15) is 20.3 Å². The average Bonchev–Trinajstić information content (AvgIpc) is 2.73. The third kappa shape index (κ3) is 3.00. The van der Waals surface area contributed by atoms with Gasteiger partial charge in [-0.3, -0.25) is 9.69 Å². The molecule has 0 saturated carbocycles. The van der Waals surface area contributed by atoms with Crippen molar-refractivity contribution in [1.82, 2.24) is 9.80 Å². The van der Waals surface area contributed by atoms with Crippen molar-refractivity contribution in [3.8, 4) is 0 Å². The molecule has 5 heteroatoms. The Morgan fingerprint density at radius 3 is 2.70 bits per heavy atom. The molecule has 5 nitrogen and oxygen atoms in total. The lowest BCUT2D eigenvalue weighted by molar-refractivity contribution is -0.142. The first-order valence-electron chi connectivity index (χ1n) is 7.88. The standard InChI is InChI=1S/C15H26N2O3/c1-11(2)8-16-9-12-7-13(14(10-16)20-12)15(18)17-3-5-19-6-4-17/h11-14H,3-10H2,1-2H3/t12-,13+,14-/m1/s1. The Bertz CT molecular complexity index is 355. The van der Waals surface area contributed by atoms with E-state index < -0.39 is 0 Å². The van der Waals surface area contributed by atoms with E-state index in [1.54, 1.807) is 0 Å². The number of fused-ring (bicyclic) bond motifs is 2. The minimum Gasteiger partial charge on any atom is -0.378 e. The predicted octanol–water partition coefficient (Wildman–Crippen LogP) is 0.591. The molecule has 0 unspecified atom stereocenters. The van der Waals surface area contributed by atoms with E-state index in [0.29, 0.717) is 19.1 Å². The van der Waals surface area contributed by atoms with Crippen LogP contribution in [0.4, 0.5) is 0 Å². The highest BCUT2D eigenvalue weighted by Gasteiger charge is 2.45. The first kappa shape index (κ1) is 14.3. The van der Waals surface area contributed by atoms with Crippen LogP contribution in [0.25, 0.3) is 0 Å². The molecule has 3 heterocycles. The molecule has 0 aromatic rings. The largest absolute Gasteiger partial charge is 0.378 e. The van der Waals surface area contributed by atoms with Crippen molar-refractivity contribution in [2.45, 2.75) is 32.5 Å². The molecule has 3 aliphatic rings. The second kappa shape index (κ2) is 6.00. The Kier molecular flexibility index (Phi) is 4.29. The van der Waals surface area contributed by atoms with Gasteiger partial charge in [-0.25, -0.2) is 0 Å². The highest BCUT2D eigenvalue weighted by Crippen LogP contribution is 2.33. The van der Waals surface area contributed by atoms with Gasteiger partial charge in [0.1, 0.15) is 0 Å². The van der Waals surface area contributed by atoms with Gasteiger partial charge in [-0.1, -0.05) is 13.8 Å². The fourth-order valence-electron chi connectivity index (χ4n) is 3.68. The first-order chi connectivity index (χ1) is 9.63. The molecule has 20 heavy (non-hydrogen) atoms. The Morgan fingerprint density at radius 2 is 2.00 bits per heavy atom. The summed E-state index contributed by atoms with van der Waals surface area (Å²) in [5, 5.41) is 0. The average molecular weight is 282 g/mol. The molecule has 3 aliphatic heterocycles. The lowest BCUT2D eigenvalue weighted by Crippen LogP contribution is -2.48. The monoisotopic (exact) mass is 282 g/mol. The molecule has 0 aromatic heterocycles. The topological polar surface area (TPSA) is 42.0 Å². The highest BCUT2D eigenvalue weighted by atomic mass is 16.5. The number of carbonyl (C=O) groups is 1. The minimum absolute atomic E-state index is 0.0651. The number of hydrogen-bond donors (Lipinski definition) is 0. The van der Waals surface area contributed by atoms with E-state index in [9.17, 15) is 4.79 Å². The Hall–Kier alpha value is -0.650. The van der Waals surface area contributed by atoms with E-state index in [0.717, 1.165) is 39.1 Å².